The fourth-order valence-corrected chi connectivity index (χ4v) is 5.31. The molecule has 0 atom stereocenters. The van der Waals surface area contributed by atoms with Crippen LogP contribution in [0, 0.1) is 17.2 Å². The molecule has 0 fully saturated rings. The van der Waals surface area contributed by atoms with Gasteiger partial charge in [0.1, 0.15) is 7.14 Å². The zero-order chi connectivity index (χ0) is 25.0. The van der Waals surface area contributed by atoms with Crippen molar-refractivity contribution in [2.24, 2.45) is 5.92 Å². The van der Waals surface area contributed by atoms with Gasteiger partial charge < -0.3 is 9.88 Å². The van der Waals surface area contributed by atoms with Crippen molar-refractivity contribution in [2.45, 2.75) is 26.7 Å². The maximum Gasteiger partial charge on any atom is 0.228 e. The molecule has 3 aromatic carbocycles. The lowest BCUT2D eigenvalue weighted by Crippen LogP contribution is -2.15. The predicted molar refractivity (Wildman–Crippen MR) is 143 cm³/mol. The number of benzene rings is 3. The summed E-state index contributed by atoms with van der Waals surface area (Å²) in [6, 6.07) is 18.5. The molecule has 0 spiro atoms. The molecular formula is C27H27Cl2N2O2P. The number of hydrogen-bond donors (Lipinski definition) is 1. The molecule has 1 amide bonds. The molecule has 0 unspecified atom stereocenters. The first-order valence-corrected chi connectivity index (χ1v) is 14.3. The van der Waals surface area contributed by atoms with Gasteiger partial charge in [0, 0.05) is 16.6 Å². The smallest absolute Gasteiger partial charge is 0.228 e. The molecule has 0 saturated heterocycles. The van der Waals surface area contributed by atoms with Crippen molar-refractivity contribution in [3.05, 3.63) is 81.3 Å². The van der Waals surface area contributed by atoms with Crippen molar-refractivity contribution >= 4 is 47.2 Å². The monoisotopic (exact) mass is 512 g/mol. The normalized spacial score (nSPS) is 11.4. The van der Waals surface area contributed by atoms with Gasteiger partial charge in [0.05, 0.1) is 28.1 Å². The third-order valence-corrected chi connectivity index (χ3v) is 7.53. The van der Waals surface area contributed by atoms with Crippen LogP contribution in [0.25, 0.3) is 11.1 Å². The van der Waals surface area contributed by atoms with Crippen molar-refractivity contribution in [3.8, 4) is 17.2 Å². The summed E-state index contributed by atoms with van der Waals surface area (Å²) in [6.45, 7) is 7.65. The minimum absolute atomic E-state index is 0.165. The van der Waals surface area contributed by atoms with E-state index in [0.29, 0.717) is 32.8 Å². The second kappa shape index (κ2) is 10.8. The van der Waals surface area contributed by atoms with Crippen molar-refractivity contribution in [2.75, 3.05) is 18.6 Å². The Hall–Kier alpha value is -2.57. The first-order valence-electron chi connectivity index (χ1n) is 10.9. The Morgan fingerprint density at radius 1 is 1.03 bits per heavy atom. The van der Waals surface area contributed by atoms with Crippen LogP contribution in [0.4, 0.5) is 5.69 Å². The summed E-state index contributed by atoms with van der Waals surface area (Å²) in [6.07, 6.45) is 0.979. The third kappa shape index (κ3) is 6.51. The Kier molecular flexibility index (Phi) is 8.26. The van der Waals surface area contributed by atoms with Crippen molar-refractivity contribution in [1.82, 2.24) is 0 Å². The van der Waals surface area contributed by atoms with Crippen LogP contribution in [0.2, 0.25) is 10.0 Å². The maximum absolute atomic E-state index is 12.6. The van der Waals surface area contributed by atoms with Crippen LogP contribution in [0.3, 0.4) is 0 Å². The van der Waals surface area contributed by atoms with Crippen LogP contribution in [0.1, 0.15) is 30.5 Å². The second-order valence-corrected chi connectivity index (χ2v) is 13.2. The Labute approximate surface area is 211 Å². The van der Waals surface area contributed by atoms with Gasteiger partial charge in [-0.25, -0.2) is 0 Å². The number of nitrogens with one attached hydrogen (secondary N) is 1. The number of amides is 1. The number of nitrogens with zero attached hydrogens (tertiary/aromatic N) is 1. The van der Waals surface area contributed by atoms with E-state index in [0.717, 1.165) is 28.4 Å². The van der Waals surface area contributed by atoms with E-state index in [9.17, 15) is 14.6 Å². The average Bonchev–Trinajstić information content (AvgIpc) is 2.73. The van der Waals surface area contributed by atoms with E-state index in [2.05, 4.69) is 25.2 Å². The van der Waals surface area contributed by atoms with E-state index in [1.807, 2.05) is 24.3 Å². The molecule has 3 rings (SSSR count). The highest BCUT2D eigenvalue weighted by Gasteiger charge is 2.15. The quantitative estimate of drug-likeness (QED) is 0.341. The first-order chi connectivity index (χ1) is 16.0. The zero-order valence-electron chi connectivity index (χ0n) is 19.7. The minimum atomic E-state index is -2.33. The highest BCUT2D eigenvalue weighted by molar-refractivity contribution is 7.70. The standard InChI is InChI=1S/C27H27Cl2N2O2P/c1-17(2)11-19-7-8-20(13-21(19)16-30)27-24(28)14-22(15-25(27)29)31-26(32)12-18-5-9-23(10-6-18)34(3,4)33/h5-10,13-15,17H,11-12H2,1-4H3,(H,31,32). The molecule has 0 aliphatic rings. The molecule has 0 saturated carbocycles. The Balaban J connectivity index is 1.79. The Morgan fingerprint density at radius 3 is 2.18 bits per heavy atom. The van der Waals surface area contributed by atoms with E-state index >= 15 is 0 Å². The van der Waals surface area contributed by atoms with Crippen LogP contribution in [-0.4, -0.2) is 19.2 Å². The lowest BCUT2D eigenvalue weighted by atomic mass is 9.94. The van der Waals surface area contributed by atoms with Crippen LogP contribution >= 0.6 is 30.3 Å². The second-order valence-electron chi connectivity index (χ2n) is 9.14. The third-order valence-electron chi connectivity index (χ3n) is 5.40. The van der Waals surface area contributed by atoms with Crippen molar-refractivity contribution < 1.29 is 9.36 Å². The van der Waals surface area contributed by atoms with E-state index < -0.39 is 7.14 Å². The fourth-order valence-electron chi connectivity index (χ4n) is 3.74. The Bertz CT molecular complexity index is 1280. The van der Waals surface area contributed by atoms with Gasteiger partial charge in [-0.15, -0.1) is 0 Å². The summed E-state index contributed by atoms with van der Waals surface area (Å²) >= 11 is 13.1. The SMILES string of the molecule is CC(C)Cc1ccc(-c2c(Cl)cc(NC(=O)Cc3ccc(P(C)(C)=O)cc3)cc2Cl)cc1C#N. The van der Waals surface area contributed by atoms with E-state index in [1.54, 1.807) is 43.7 Å². The lowest BCUT2D eigenvalue weighted by molar-refractivity contribution is -0.115. The molecule has 34 heavy (non-hydrogen) atoms. The summed E-state index contributed by atoms with van der Waals surface area (Å²) < 4.78 is 12.2. The van der Waals surface area contributed by atoms with Crippen LogP contribution in [0.15, 0.2) is 54.6 Å². The molecule has 4 nitrogen and oxygen atoms in total. The number of hydrogen-bond acceptors (Lipinski definition) is 3. The van der Waals surface area contributed by atoms with Crippen molar-refractivity contribution in [3.63, 3.8) is 0 Å². The van der Waals surface area contributed by atoms with Gasteiger partial charge in [-0.05, 0) is 60.6 Å². The van der Waals surface area contributed by atoms with Gasteiger partial charge in [-0.2, -0.15) is 5.26 Å². The molecule has 0 aliphatic carbocycles. The zero-order valence-corrected chi connectivity index (χ0v) is 22.1. The molecule has 176 valence electrons. The van der Waals surface area contributed by atoms with Crippen LogP contribution in [-0.2, 0) is 22.2 Å². The number of halogens is 2. The Morgan fingerprint density at radius 2 is 1.65 bits per heavy atom. The van der Waals surface area contributed by atoms with Gasteiger partial charge in [0.2, 0.25) is 5.91 Å². The predicted octanol–water partition coefficient (Wildman–Crippen LogP) is 7.16. The molecule has 0 aromatic heterocycles. The van der Waals surface area contributed by atoms with Gasteiger partial charge in [-0.3, -0.25) is 4.79 Å². The molecule has 7 heteroatoms. The highest BCUT2D eigenvalue weighted by atomic mass is 35.5. The van der Waals surface area contributed by atoms with Gasteiger partial charge >= 0.3 is 0 Å². The first kappa shape index (κ1) is 26.0. The number of rotatable bonds is 7. The summed E-state index contributed by atoms with van der Waals surface area (Å²) in [4.78, 5) is 12.6. The summed E-state index contributed by atoms with van der Waals surface area (Å²) in [5.74, 6) is 0.222. The number of carbonyl (C=O) groups excluding carboxylic acids is 1. The molecule has 1 N–H and O–H groups in total. The van der Waals surface area contributed by atoms with E-state index in [1.165, 1.54) is 0 Å². The van der Waals surface area contributed by atoms with E-state index in [-0.39, 0.29) is 12.3 Å². The van der Waals surface area contributed by atoms with Gasteiger partial charge in [0.15, 0.2) is 0 Å². The highest BCUT2D eigenvalue weighted by Crippen LogP contribution is 2.38. The van der Waals surface area contributed by atoms with Gasteiger partial charge in [-0.1, -0.05) is 73.4 Å². The average molecular weight is 513 g/mol. The van der Waals surface area contributed by atoms with E-state index in [4.69, 9.17) is 23.2 Å². The number of nitriles is 1. The molecular weight excluding hydrogens is 486 g/mol. The molecule has 0 aliphatic heterocycles. The maximum atomic E-state index is 12.6. The molecule has 0 bridgehead atoms. The number of anilines is 1. The molecule has 0 heterocycles. The minimum Gasteiger partial charge on any atom is -0.326 e. The molecule has 0 radical (unpaired) electrons. The lowest BCUT2D eigenvalue weighted by Gasteiger charge is -2.14. The fraction of sp³-hybridized carbons (Fsp3) is 0.259. The summed E-state index contributed by atoms with van der Waals surface area (Å²) in [7, 11) is -2.33. The van der Waals surface area contributed by atoms with Gasteiger partial charge in [0.25, 0.3) is 0 Å². The largest absolute Gasteiger partial charge is 0.326 e. The summed E-state index contributed by atoms with van der Waals surface area (Å²) in [5.41, 5.74) is 4.27. The van der Waals surface area contributed by atoms with Crippen LogP contribution in [0.5, 0.6) is 0 Å². The van der Waals surface area contributed by atoms with Crippen molar-refractivity contribution in [1.29, 1.82) is 5.26 Å². The van der Waals surface area contributed by atoms with Crippen LogP contribution < -0.4 is 10.6 Å². The topological polar surface area (TPSA) is 70.0 Å². The summed E-state index contributed by atoms with van der Waals surface area (Å²) in [5, 5.41) is 14.0. The molecule has 3 aromatic rings. The number of carbonyl (C=O) groups is 1.